The van der Waals surface area contributed by atoms with Crippen molar-refractivity contribution in [3.05, 3.63) is 0 Å². The minimum Gasteiger partial charge on any atom is -0.462 e. The fraction of sp³-hybridized carbons (Fsp3) is 0.909. The Kier molecular flexibility index (Phi) is 3.93. The number of aliphatic hydroxyl groups is 1. The number of aliphatic hydroxyl groups excluding tert-OH is 1. The summed E-state index contributed by atoms with van der Waals surface area (Å²) in [5.74, 6) is -0.266. The van der Waals surface area contributed by atoms with Gasteiger partial charge in [0, 0.05) is 0 Å². The lowest BCUT2D eigenvalue weighted by atomic mass is 9.76. The average molecular weight is 200 g/mol. The first kappa shape index (κ1) is 11.5. The summed E-state index contributed by atoms with van der Waals surface area (Å²) in [5, 5.41) is 8.55. The van der Waals surface area contributed by atoms with Gasteiger partial charge in [0.2, 0.25) is 0 Å². The van der Waals surface area contributed by atoms with Crippen LogP contribution in [0.25, 0.3) is 0 Å². The van der Waals surface area contributed by atoms with Gasteiger partial charge >= 0.3 is 5.97 Å². The summed E-state index contributed by atoms with van der Waals surface area (Å²) in [6.45, 7) is 4.38. The van der Waals surface area contributed by atoms with Gasteiger partial charge in [0.1, 0.15) is 6.10 Å². The van der Waals surface area contributed by atoms with Crippen LogP contribution in [0.4, 0.5) is 0 Å². The second-order valence-electron chi connectivity index (χ2n) is 4.83. The van der Waals surface area contributed by atoms with E-state index in [1.807, 2.05) is 0 Å². The number of rotatable bonds is 3. The number of hydrogen-bond donors (Lipinski definition) is 1. The highest BCUT2D eigenvalue weighted by atomic mass is 16.5. The van der Waals surface area contributed by atoms with Gasteiger partial charge in [0.25, 0.3) is 0 Å². The Morgan fingerprint density at radius 1 is 1.43 bits per heavy atom. The molecule has 0 aromatic carbocycles. The summed E-state index contributed by atoms with van der Waals surface area (Å²) in [4.78, 5) is 11.1. The van der Waals surface area contributed by atoms with E-state index in [9.17, 15) is 4.79 Å². The Morgan fingerprint density at radius 3 is 2.50 bits per heavy atom. The maximum absolute atomic E-state index is 11.1. The van der Waals surface area contributed by atoms with Crippen LogP contribution in [-0.4, -0.2) is 23.8 Å². The standard InChI is InChI=1S/C11H20O3/c1-11(2)6-3-9(4-7-11)14-10(13)5-8-12/h9,12H,3-8H2,1-2H3. The second kappa shape index (κ2) is 4.78. The largest absolute Gasteiger partial charge is 0.462 e. The van der Waals surface area contributed by atoms with E-state index in [1.54, 1.807) is 0 Å². The summed E-state index contributed by atoms with van der Waals surface area (Å²) < 4.78 is 5.23. The molecule has 1 fully saturated rings. The summed E-state index contributed by atoms with van der Waals surface area (Å²) in [7, 11) is 0. The molecule has 82 valence electrons. The molecule has 3 nitrogen and oxygen atoms in total. The lowest BCUT2D eigenvalue weighted by Crippen LogP contribution is -2.28. The van der Waals surface area contributed by atoms with Crippen LogP contribution in [0.15, 0.2) is 0 Å². The first-order valence-corrected chi connectivity index (χ1v) is 5.34. The molecule has 0 radical (unpaired) electrons. The van der Waals surface area contributed by atoms with Gasteiger partial charge in [-0.2, -0.15) is 0 Å². The Hall–Kier alpha value is -0.570. The van der Waals surface area contributed by atoms with Crippen molar-refractivity contribution in [1.29, 1.82) is 0 Å². The van der Waals surface area contributed by atoms with E-state index >= 15 is 0 Å². The van der Waals surface area contributed by atoms with Gasteiger partial charge in [-0.05, 0) is 31.1 Å². The molecule has 14 heavy (non-hydrogen) atoms. The summed E-state index contributed by atoms with van der Waals surface area (Å²) in [6, 6.07) is 0. The van der Waals surface area contributed by atoms with Gasteiger partial charge in [-0.1, -0.05) is 13.8 Å². The Morgan fingerprint density at radius 2 is 2.00 bits per heavy atom. The van der Waals surface area contributed by atoms with Crippen LogP contribution in [0.5, 0.6) is 0 Å². The highest BCUT2D eigenvalue weighted by molar-refractivity contribution is 5.69. The van der Waals surface area contributed by atoms with E-state index < -0.39 is 0 Å². The first-order chi connectivity index (χ1) is 6.53. The van der Waals surface area contributed by atoms with Gasteiger partial charge in [-0.3, -0.25) is 4.79 Å². The summed E-state index contributed by atoms with van der Waals surface area (Å²) in [5.41, 5.74) is 0.403. The van der Waals surface area contributed by atoms with Crippen LogP contribution in [0, 0.1) is 5.41 Å². The molecule has 0 aliphatic heterocycles. The molecular formula is C11H20O3. The van der Waals surface area contributed by atoms with Crippen molar-refractivity contribution in [1.82, 2.24) is 0 Å². The molecule has 0 unspecified atom stereocenters. The molecule has 0 aromatic rings. The molecule has 0 saturated heterocycles. The van der Waals surface area contributed by atoms with Crippen LogP contribution in [-0.2, 0) is 9.53 Å². The predicted molar refractivity (Wildman–Crippen MR) is 53.8 cm³/mol. The Labute approximate surface area is 85.5 Å². The molecule has 1 saturated carbocycles. The Bertz CT molecular complexity index is 189. The quantitative estimate of drug-likeness (QED) is 0.707. The molecule has 0 aromatic heterocycles. The molecule has 0 amide bonds. The zero-order valence-electron chi connectivity index (χ0n) is 9.08. The molecule has 1 rings (SSSR count). The van der Waals surface area contributed by atoms with E-state index in [0.717, 1.165) is 25.7 Å². The van der Waals surface area contributed by atoms with Crippen LogP contribution in [0.2, 0.25) is 0 Å². The molecular weight excluding hydrogens is 180 g/mol. The predicted octanol–water partition coefficient (Wildman–Crippen LogP) is 1.88. The first-order valence-electron chi connectivity index (χ1n) is 5.34. The fourth-order valence-electron chi connectivity index (χ4n) is 1.83. The molecule has 3 heteroatoms. The van der Waals surface area contributed by atoms with Crippen molar-refractivity contribution < 1.29 is 14.6 Å². The van der Waals surface area contributed by atoms with Crippen LogP contribution >= 0.6 is 0 Å². The normalized spacial score (nSPS) is 21.9. The van der Waals surface area contributed by atoms with Gasteiger partial charge in [-0.15, -0.1) is 0 Å². The van der Waals surface area contributed by atoms with E-state index in [1.165, 1.54) is 0 Å². The number of esters is 1. The summed E-state index contributed by atoms with van der Waals surface area (Å²) in [6.07, 6.45) is 4.37. The van der Waals surface area contributed by atoms with E-state index in [-0.39, 0.29) is 25.1 Å². The highest BCUT2D eigenvalue weighted by Crippen LogP contribution is 2.36. The van der Waals surface area contributed by atoms with Gasteiger partial charge < -0.3 is 9.84 Å². The topological polar surface area (TPSA) is 46.5 Å². The molecule has 1 aliphatic rings. The lowest BCUT2D eigenvalue weighted by Gasteiger charge is -2.33. The molecule has 1 aliphatic carbocycles. The molecule has 0 bridgehead atoms. The second-order valence-corrected chi connectivity index (χ2v) is 4.83. The number of carbonyl (C=O) groups is 1. The lowest BCUT2D eigenvalue weighted by molar-refractivity contribution is -0.152. The van der Waals surface area contributed by atoms with Crippen molar-refractivity contribution in [2.75, 3.05) is 6.61 Å². The van der Waals surface area contributed by atoms with Crippen molar-refractivity contribution in [3.8, 4) is 0 Å². The van der Waals surface area contributed by atoms with Crippen molar-refractivity contribution in [3.63, 3.8) is 0 Å². The minimum absolute atomic E-state index is 0.0853. The third-order valence-corrected chi connectivity index (χ3v) is 2.90. The molecule has 0 spiro atoms. The van der Waals surface area contributed by atoms with Crippen molar-refractivity contribution >= 4 is 5.97 Å². The van der Waals surface area contributed by atoms with E-state index in [0.29, 0.717) is 5.41 Å². The molecule has 0 heterocycles. The maximum Gasteiger partial charge on any atom is 0.308 e. The minimum atomic E-state index is -0.266. The number of carbonyl (C=O) groups excluding carboxylic acids is 1. The van der Waals surface area contributed by atoms with Gasteiger partial charge in [-0.25, -0.2) is 0 Å². The third-order valence-electron chi connectivity index (χ3n) is 2.90. The highest BCUT2D eigenvalue weighted by Gasteiger charge is 2.28. The van der Waals surface area contributed by atoms with Crippen molar-refractivity contribution in [2.24, 2.45) is 5.41 Å². The smallest absolute Gasteiger partial charge is 0.308 e. The van der Waals surface area contributed by atoms with Crippen LogP contribution in [0.3, 0.4) is 0 Å². The zero-order chi connectivity index (χ0) is 10.6. The Balaban J connectivity index is 2.25. The molecule has 1 N–H and O–H groups in total. The maximum atomic E-state index is 11.1. The SMILES string of the molecule is CC1(C)CCC(OC(=O)CCO)CC1. The average Bonchev–Trinajstić information content (AvgIpc) is 2.09. The van der Waals surface area contributed by atoms with E-state index in [4.69, 9.17) is 9.84 Å². The van der Waals surface area contributed by atoms with Crippen LogP contribution in [0.1, 0.15) is 46.0 Å². The molecule has 0 atom stereocenters. The van der Waals surface area contributed by atoms with Gasteiger partial charge in [0.05, 0.1) is 13.0 Å². The number of ether oxygens (including phenoxy) is 1. The van der Waals surface area contributed by atoms with Gasteiger partial charge in [0.15, 0.2) is 0 Å². The fourth-order valence-corrected chi connectivity index (χ4v) is 1.83. The van der Waals surface area contributed by atoms with E-state index in [2.05, 4.69) is 13.8 Å². The van der Waals surface area contributed by atoms with Crippen molar-refractivity contribution in [2.45, 2.75) is 52.1 Å². The van der Waals surface area contributed by atoms with Crippen LogP contribution < -0.4 is 0 Å². The summed E-state index contributed by atoms with van der Waals surface area (Å²) >= 11 is 0. The monoisotopic (exact) mass is 200 g/mol. The third kappa shape index (κ3) is 3.66. The number of hydrogen-bond acceptors (Lipinski definition) is 3. The zero-order valence-corrected chi connectivity index (χ0v) is 9.08.